The maximum atomic E-state index is 13.4. The number of carbonyl (C=O) groups is 2. The van der Waals surface area contributed by atoms with Gasteiger partial charge in [-0.25, -0.2) is 13.2 Å². The minimum absolute atomic E-state index is 0.213. The van der Waals surface area contributed by atoms with E-state index in [4.69, 9.17) is 4.74 Å². The van der Waals surface area contributed by atoms with Crippen molar-refractivity contribution in [2.45, 2.75) is 43.6 Å². The molecule has 3 atom stereocenters. The fraction of sp³-hybridized carbons (Fsp3) is 0.375. The Balaban J connectivity index is 1.59. The van der Waals surface area contributed by atoms with E-state index in [2.05, 4.69) is 16.5 Å². The number of nitrogens with zero attached hydrogens (tertiary/aromatic N) is 1. The Hall–Kier alpha value is -3.34. The molecule has 0 saturated carbocycles. The highest BCUT2D eigenvalue weighted by Crippen LogP contribution is 2.32. The van der Waals surface area contributed by atoms with Crippen LogP contribution in [0.4, 0.5) is 0 Å². The third-order valence-corrected chi connectivity index (χ3v) is 9.52. The van der Waals surface area contributed by atoms with Crippen molar-refractivity contribution in [3.63, 3.8) is 0 Å². The van der Waals surface area contributed by atoms with Crippen LogP contribution in [0.5, 0.6) is 5.75 Å². The zero-order valence-corrected chi connectivity index (χ0v) is 25.8. The van der Waals surface area contributed by atoms with Crippen LogP contribution < -0.4 is 10.1 Å². The van der Waals surface area contributed by atoms with Crippen molar-refractivity contribution in [1.82, 2.24) is 10.2 Å². The topological polar surface area (TPSA) is 113 Å². The summed E-state index contributed by atoms with van der Waals surface area (Å²) in [6.45, 7) is 4.14. The largest absolute Gasteiger partial charge is 0.492 e. The van der Waals surface area contributed by atoms with Crippen LogP contribution in [-0.4, -0.2) is 79.1 Å². The summed E-state index contributed by atoms with van der Waals surface area (Å²) in [7, 11) is -3.39. The van der Waals surface area contributed by atoms with E-state index in [1.807, 2.05) is 85.4 Å². The third-order valence-electron chi connectivity index (χ3n) is 7.54. The average Bonchev–Trinajstić information content (AvgIpc) is 3.35. The van der Waals surface area contributed by atoms with Crippen molar-refractivity contribution < 1.29 is 27.9 Å². The molecule has 0 radical (unpaired) electrons. The molecule has 1 heterocycles. The van der Waals surface area contributed by atoms with Crippen LogP contribution in [-0.2, 0) is 21.2 Å². The predicted octanol–water partition coefficient (Wildman–Crippen LogP) is 4.66. The Bertz CT molecular complexity index is 1500. The molecule has 3 aromatic rings. The Morgan fingerprint density at radius 1 is 1.07 bits per heavy atom. The first-order valence-electron chi connectivity index (χ1n) is 13.9. The van der Waals surface area contributed by atoms with Gasteiger partial charge in [-0.3, -0.25) is 9.69 Å². The number of sulfone groups is 1. The summed E-state index contributed by atoms with van der Waals surface area (Å²) in [5, 5.41) is 12.7. The Kier molecular flexibility index (Phi) is 10.7. The van der Waals surface area contributed by atoms with Crippen LogP contribution in [0.1, 0.15) is 34.3 Å². The molecule has 1 fully saturated rings. The highest BCUT2D eigenvalue weighted by Gasteiger charge is 2.32. The van der Waals surface area contributed by atoms with E-state index in [9.17, 15) is 23.1 Å². The number of ether oxygens (including phenoxy) is 1. The Labute approximate surface area is 252 Å². The molecule has 1 aliphatic heterocycles. The van der Waals surface area contributed by atoms with Gasteiger partial charge in [0.1, 0.15) is 28.2 Å². The number of carboxylic acid groups (broad SMARTS) is 1. The predicted molar refractivity (Wildman–Crippen MR) is 168 cm³/mol. The molecule has 1 saturated heterocycles. The Morgan fingerprint density at radius 3 is 2.45 bits per heavy atom. The number of carbonyl (C=O) groups excluding carboxylic acids is 1. The summed E-state index contributed by atoms with van der Waals surface area (Å²) in [4.78, 5) is 27.7. The number of aryl methyl sites for hydroxylation is 1. The quantitative estimate of drug-likeness (QED) is 0.287. The van der Waals surface area contributed by atoms with Crippen molar-refractivity contribution in [3.05, 3.63) is 89.5 Å². The monoisotopic (exact) mass is 610 g/mol. The van der Waals surface area contributed by atoms with Crippen LogP contribution >= 0.6 is 11.8 Å². The zero-order chi connectivity index (χ0) is 30.3. The summed E-state index contributed by atoms with van der Waals surface area (Å²) < 4.78 is 29.4. The van der Waals surface area contributed by atoms with Gasteiger partial charge in [-0.05, 0) is 72.5 Å². The van der Waals surface area contributed by atoms with Crippen molar-refractivity contribution in [2.75, 3.05) is 31.4 Å². The van der Waals surface area contributed by atoms with E-state index in [0.29, 0.717) is 29.5 Å². The number of carboxylic acids is 1. The van der Waals surface area contributed by atoms with Gasteiger partial charge in [0.2, 0.25) is 0 Å². The molecule has 1 aliphatic rings. The first-order chi connectivity index (χ1) is 20.0. The molecular formula is C32H38N2O6S2. The second-order valence-electron chi connectivity index (χ2n) is 10.8. The second kappa shape index (κ2) is 14.2. The summed E-state index contributed by atoms with van der Waals surface area (Å²) in [5.41, 5.74) is 3.93. The third kappa shape index (κ3) is 8.59. The molecule has 3 aromatic carbocycles. The maximum Gasteiger partial charge on any atom is 0.326 e. The van der Waals surface area contributed by atoms with Crippen molar-refractivity contribution in [2.24, 2.45) is 0 Å². The average molecular weight is 611 g/mol. The molecule has 2 unspecified atom stereocenters. The first kappa shape index (κ1) is 31.6. The van der Waals surface area contributed by atoms with Crippen molar-refractivity contribution >= 4 is 33.5 Å². The molecule has 4 rings (SSSR count). The van der Waals surface area contributed by atoms with Crippen LogP contribution in [0.25, 0.3) is 11.1 Å². The van der Waals surface area contributed by atoms with Crippen molar-refractivity contribution in [3.8, 4) is 16.9 Å². The summed E-state index contributed by atoms with van der Waals surface area (Å²) >= 11 is 1.86. The number of benzene rings is 3. The minimum atomic E-state index is -3.39. The molecule has 10 heteroatoms. The first-order valence-corrected chi connectivity index (χ1v) is 17.2. The number of hydrogen-bond acceptors (Lipinski definition) is 7. The summed E-state index contributed by atoms with van der Waals surface area (Å²) in [6, 6.07) is 22.1. The minimum Gasteiger partial charge on any atom is -0.492 e. The molecule has 0 spiro atoms. The second-order valence-corrected chi connectivity index (χ2v) is 14.2. The SMILES string of the molecule is CSC1CC(COc2ccccc2)N(Cc2ccc(C(=O)N[C@@H](CCS(C)(=O)=O)C(=O)O)c(-c3ccccc3C)c2)C1. The number of rotatable bonds is 13. The number of likely N-dealkylation sites (tertiary alicyclic amines) is 1. The number of thioether (sulfide) groups is 1. The number of para-hydroxylation sites is 1. The smallest absolute Gasteiger partial charge is 0.326 e. The fourth-order valence-electron chi connectivity index (χ4n) is 5.23. The van der Waals surface area contributed by atoms with Gasteiger partial charge in [-0.2, -0.15) is 11.8 Å². The molecule has 1 amide bonds. The number of nitrogens with one attached hydrogen (secondary N) is 1. The summed E-state index contributed by atoms with van der Waals surface area (Å²) in [5.74, 6) is -1.32. The normalized spacial score (nSPS) is 18.0. The molecular weight excluding hydrogens is 572 g/mol. The van der Waals surface area contributed by atoms with Gasteiger partial charge < -0.3 is 15.2 Å². The van der Waals surface area contributed by atoms with Gasteiger partial charge in [0.25, 0.3) is 5.91 Å². The number of aliphatic carboxylic acids is 1. The van der Waals surface area contributed by atoms with Gasteiger partial charge in [0.15, 0.2) is 0 Å². The van der Waals surface area contributed by atoms with Gasteiger partial charge in [-0.1, -0.05) is 48.5 Å². The molecule has 0 bridgehead atoms. The van der Waals surface area contributed by atoms with E-state index in [1.54, 1.807) is 6.07 Å². The van der Waals surface area contributed by atoms with Gasteiger partial charge >= 0.3 is 5.97 Å². The molecule has 2 N–H and O–H groups in total. The van der Waals surface area contributed by atoms with Gasteiger partial charge in [0.05, 0.1) is 5.75 Å². The highest BCUT2D eigenvalue weighted by atomic mass is 32.2. The number of hydrogen-bond donors (Lipinski definition) is 2. The zero-order valence-electron chi connectivity index (χ0n) is 24.2. The van der Waals surface area contributed by atoms with Crippen LogP contribution in [0, 0.1) is 6.92 Å². The molecule has 224 valence electrons. The van der Waals surface area contributed by atoms with Crippen LogP contribution in [0.2, 0.25) is 0 Å². The van der Waals surface area contributed by atoms with Crippen molar-refractivity contribution in [1.29, 1.82) is 0 Å². The number of amides is 1. The fourth-order valence-corrected chi connectivity index (χ4v) is 6.65. The van der Waals surface area contributed by atoms with Gasteiger partial charge in [-0.15, -0.1) is 0 Å². The van der Waals surface area contributed by atoms with E-state index < -0.39 is 27.8 Å². The molecule has 0 aromatic heterocycles. The standard InChI is InChI=1S/C32H38N2O6S2/c1-22-9-7-8-12-27(22)29-17-23(13-14-28(29)31(35)33-30(32(36)37)15-16-42(3,38)39)19-34-20-26(41-2)18-24(34)21-40-25-10-5-4-6-11-25/h4-14,17,24,26,30H,15-16,18-21H2,1-3H3,(H,33,35)(H,36,37)/t24?,26?,30-/m0/s1. The lowest BCUT2D eigenvalue weighted by atomic mass is 9.93. The van der Waals surface area contributed by atoms with E-state index in [0.717, 1.165) is 41.7 Å². The molecule has 8 nitrogen and oxygen atoms in total. The lowest BCUT2D eigenvalue weighted by molar-refractivity contribution is -0.139. The van der Waals surface area contributed by atoms with E-state index in [1.165, 1.54) is 0 Å². The van der Waals surface area contributed by atoms with E-state index in [-0.39, 0.29) is 18.2 Å². The van der Waals surface area contributed by atoms with E-state index >= 15 is 0 Å². The molecule has 0 aliphatic carbocycles. The van der Waals surface area contributed by atoms with Crippen LogP contribution in [0.3, 0.4) is 0 Å². The van der Waals surface area contributed by atoms with Gasteiger partial charge in [0, 0.05) is 36.2 Å². The highest BCUT2D eigenvalue weighted by molar-refractivity contribution is 7.99. The Morgan fingerprint density at radius 2 is 1.79 bits per heavy atom. The maximum absolute atomic E-state index is 13.4. The molecule has 42 heavy (non-hydrogen) atoms. The lowest BCUT2D eigenvalue weighted by Crippen LogP contribution is -2.42. The summed E-state index contributed by atoms with van der Waals surface area (Å²) in [6.07, 6.45) is 3.98. The lowest BCUT2D eigenvalue weighted by Gasteiger charge is -2.25. The van der Waals surface area contributed by atoms with Crippen LogP contribution in [0.15, 0.2) is 72.8 Å².